The van der Waals surface area contributed by atoms with Crippen LogP contribution in [0.2, 0.25) is 0 Å². The van der Waals surface area contributed by atoms with Crippen LogP contribution in [0.15, 0.2) is 24.3 Å². The molecule has 1 aliphatic rings. The Kier molecular flexibility index (Phi) is 7.59. The number of benzene rings is 1. The molecule has 3 unspecified atom stereocenters. The van der Waals surface area contributed by atoms with E-state index in [4.69, 9.17) is 0 Å². The summed E-state index contributed by atoms with van der Waals surface area (Å²) in [4.78, 5) is 19.9. The van der Waals surface area contributed by atoms with Crippen LogP contribution < -0.4 is 0 Å². The summed E-state index contributed by atoms with van der Waals surface area (Å²) in [7, 11) is 4.20. The van der Waals surface area contributed by atoms with Gasteiger partial charge in [-0.15, -0.1) is 0 Å². The molecule has 0 radical (unpaired) electrons. The van der Waals surface area contributed by atoms with Gasteiger partial charge in [-0.1, -0.05) is 19.1 Å². The van der Waals surface area contributed by atoms with Crippen LogP contribution in [0.3, 0.4) is 0 Å². The van der Waals surface area contributed by atoms with Gasteiger partial charge in [-0.2, -0.15) is 0 Å². The Morgan fingerprint density at radius 3 is 2.27 bits per heavy atom. The van der Waals surface area contributed by atoms with E-state index in [0.717, 1.165) is 44.6 Å². The second-order valence-electron chi connectivity index (χ2n) is 7.85. The summed E-state index contributed by atoms with van der Waals surface area (Å²) in [5.74, 6) is -0.273. The molecule has 2 rings (SSSR count). The molecule has 1 aromatic rings. The Morgan fingerprint density at radius 1 is 1.19 bits per heavy atom. The molecule has 1 amide bonds. The molecule has 4 nitrogen and oxygen atoms in total. The molecule has 1 aromatic carbocycles. The second kappa shape index (κ2) is 9.47. The molecule has 0 aromatic heterocycles. The number of hydrogen-bond acceptors (Lipinski definition) is 3. The molecule has 0 spiro atoms. The summed E-state index contributed by atoms with van der Waals surface area (Å²) in [6.45, 7) is 10.1. The monoisotopic (exact) mass is 363 g/mol. The third-order valence-corrected chi connectivity index (χ3v) is 5.41. The highest BCUT2D eigenvalue weighted by Crippen LogP contribution is 2.25. The SMILES string of the molecule is CCC(C(=O)N1CC(C)N(CCCN(C)C)C(C)C1)c1ccc(F)cc1. The van der Waals surface area contributed by atoms with Crippen LogP contribution in [0.5, 0.6) is 0 Å². The zero-order chi connectivity index (χ0) is 19.3. The van der Waals surface area contributed by atoms with Gasteiger partial charge in [0.15, 0.2) is 0 Å². The molecule has 1 fully saturated rings. The van der Waals surface area contributed by atoms with Gasteiger partial charge in [-0.05, 0) is 65.0 Å². The lowest BCUT2D eigenvalue weighted by Gasteiger charge is -2.45. The smallest absolute Gasteiger partial charge is 0.230 e. The predicted octanol–water partition coefficient (Wildman–Crippen LogP) is 3.19. The van der Waals surface area contributed by atoms with E-state index in [1.54, 1.807) is 12.1 Å². The lowest BCUT2D eigenvalue weighted by atomic mass is 9.93. The topological polar surface area (TPSA) is 26.8 Å². The van der Waals surface area contributed by atoms with Crippen molar-refractivity contribution in [3.8, 4) is 0 Å². The predicted molar refractivity (Wildman–Crippen MR) is 105 cm³/mol. The van der Waals surface area contributed by atoms with E-state index in [0.29, 0.717) is 12.1 Å². The van der Waals surface area contributed by atoms with Crippen molar-refractivity contribution in [2.75, 3.05) is 40.3 Å². The number of halogens is 1. The van der Waals surface area contributed by atoms with Crippen molar-refractivity contribution in [1.82, 2.24) is 14.7 Å². The molecular weight excluding hydrogens is 329 g/mol. The van der Waals surface area contributed by atoms with Crippen LogP contribution >= 0.6 is 0 Å². The maximum absolute atomic E-state index is 13.2. The van der Waals surface area contributed by atoms with Crippen molar-refractivity contribution in [3.63, 3.8) is 0 Å². The Labute approximate surface area is 158 Å². The van der Waals surface area contributed by atoms with Crippen LogP contribution in [0.4, 0.5) is 4.39 Å². The number of carbonyl (C=O) groups is 1. The maximum atomic E-state index is 13.2. The highest BCUT2D eigenvalue weighted by atomic mass is 19.1. The Hall–Kier alpha value is -1.46. The molecule has 5 heteroatoms. The van der Waals surface area contributed by atoms with Gasteiger partial charge >= 0.3 is 0 Å². The van der Waals surface area contributed by atoms with E-state index >= 15 is 0 Å². The van der Waals surface area contributed by atoms with Crippen molar-refractivity contribution < 1.29 is 9.18 Å². The highest BCUT2D eigenvalue weighted by molar-refractivity contribution is 5.84. The van der Waals surface area contributed by atoms with Crippen molar-refractivity contribution >= 4 is 5.91 Å². The molecule has 0 aliphatic carbocycles. The minimum absolute atomic E-state index is 0.172. The summed E-state index contributed by atoms with van der Waals surface area (Å²) < 4.78 is 13.2. The molecule has 0 saturated carbocycles. The summed E-state index contributed by atoms with van der Waals surface area (Å²) in [5, 5.41) is 0. The van der Waals surface area contributed by atoms with Gasteiger partial charge in [0, 0.05) is 31.7 Å². The third-order valence-electron chi connectivity index (χ3n) is 5.41. The van der Waals surface area contributed by atoms with Crippen LogP contribution in [0, 0.1) is 5.82 Å². The second-order valence-corrected chi connectivity index (χ2v) is 7.85. The minimum Gasteiger partial charge on any atom is -0.339 e. The van der Waals surface area contributed by atoms with Crippen molar-refractivity contribution in [3.05, 3.63) is 35.6 Å². The van der Waals surface area contributed by atoms with Crippen LogP contribution in [0.1, 0.15) is 45.1 Å². The summed E-state index contributed by atoms with van der Waals surface area (Å²) in [6, 6.07) is 7.09. The first-order valence-electron chi connectivity index (χ1n) is 9.78. The average molecular weight is 364 g/mol. The van der Waals surface area contributed by atoms with E-state index < -0.39 is 0 Å². The van der Waals surface area contributed by atoms with Gasteiger partial charge < -0.3 is 9.80 Å². The first-order chi connectivity index (χ1) is 12.3. The molecule has 146 valence electrons. The fourth-order valence-corrected chi connectivity index (χ4v) is 4.02. The highest BCUT2D eigenvalue weighted by Gasteiger charge is 2.34. The maximum Gasteiger partial charge on any atom is 0.230 e. The van der Waals surface area contributed by atoms with Crippen LogP contribution in [-0.2, 0) is 4.79 Å². The molecule has 0 bridgehead atoms. The van der Waals surface area contributed by atoms with Crippen LogP contribution in [-0.4, -0.2) is 73.0 Å². The molecule has 3 atom stereocenters. The van der Waals surface area contributed by atoms with E-state index in [2.05, 4.69) is 37.7 Å². The van der Waals surface area contributed by atoms with Crippen LogP contribution in [0.25, 0.3) is 0 Å². The first-order valence-corrected chi connectivity index (χ1v) is 9.78. The van der Waals surface area contributed by atoms with E-state index in [9.17, 15) is 9.18 Å². The summed E-state index contributed by atoms with van der Waals surface area (Å²) in [6.07, 6.45) is 1.87. The number of rotatable bonds is 7. The Morgan fingerprint density at radius 2 is 1.77 bits per heavy atom. The first kappa shape index (κ1) is 20.8. The fraction of sp³-hybridized carbons (Fsp3) is 0.667. The largest absolute Gasteiger partial charge is 0.339 e. The average Bonchev–Trinajstić information content (AvgIpc) is 2.59. The Balaban J connectivity index is 2.00. The van der Waals surface area contributed by atoms with E-state index in [1.807, 2.05) is 11.8 Å². The summed E-state index contributed by atoms with van der Waals surface area (Å²) >= 11 is 0. The summed E-state index contributed by atoms with van der Waals surface area (Å²) in [5.41, 5.74) is 0.910. The molecule has 1 aliphatic heterocycles. The quantitative estimate of drug-likeness (QED) is 0.744. The molecule has 1 saturated heterocycles. The van der Waals surface area contributed by atoms with Crippen molar-refractivity contribution in [1.29, 1.82) is 0 Å². The third kappa shape index (κ3) is 5.27. The van der Waals surface area contributed by atoms with Gasteiger partial charge in [0.25, 0.3) is 0 Å². The molecular formula is C21H34FN3O. The number of nitrogens with zero attached hydrogens (tertiary/aromatic N) is 3. The normalized spacial score (nSPS) is 22.7. The molecule has 0 N–H and O–H groups in total. The number of piperazine rings is 1. The van der Waals surface area contributed by atoms with Crippen molar-refractivity contribution in [2.24, 2.45) is 0 Å². The van der Waals surface area contributed by atoms with Gasteiger partial charge in [0.05, 0.1) is 5.92 Å². The van der Waals surface area contributed by atoms with Crippen molar-refractivity contribution in [2.45, 2.75) is 51.6 Å². The Bertz CT molecular complexity index is 563. The van der Waals surface area contributed by atoms with E-state index in [1.165, 1.54) is 12.1 Å². The molecule has 1 heterocycles. The zero-order valence-corrected chi connectivity index (χ0v) is 16.9. The van der Waals surface area contributed by atoms with Gasteiger partial charge in [0.1, 0.15) is 5.82 Å². The standard InChI is InChI=1S/C21H34FN3O/c1-6-20(18-8-10-19(22)11-9-18)21(26)24-14-16(2)25(17(3)15-24)13-7-12-23(4)5/h8-11,16-17,20H,6-7,12-15H2,1-5H3. The minimum atomic E-state index is -0.260. The lowest BCUT2D eigenvalue weighted by molar-refractivity contribution is -0.137. The fourth-order valence-electron chi connectivity index (χ4n) is 4.02. The van der Waals surface area contributed by atoms with Gasteiger partial charge in [-0.25, -0.2) is 4.39 Å². The zero-order valence-electron chi connectivity index (χ0n) is 16.9. The number of hydrogen-bond donors (Lipinski definition) is 0. The van der Waals surface area contributed by atoms with Gasteiger partial charge in [0.2, 0.25) is 5.91 Å². The van der Waals surface area contributed by atoms with E-state index in [-0.39, 0.29) is 17.6 Å². The lowest BCUT2D eigenvalue weighted by Crippen LogP contribution is -2.58. The van der Waals surface area contributed by atoms with Gasteiger partial charge in [-0.3, -0.25) is 9.69 Å². The number of amides is 1. The molecule has 26 heavy (non-hydrogen) atoms. The number of carbonyl (C=O) groups excluding carboxylic acids is 1.